The predicted molar refractivity (Wildman–Crippen MR) is 94.2 cm³/mol. The molecule has 1 aliphatic rings. The molecule has 0 bridgehead atoms. The second kappa shape index (κ2) is 7.04. The first-order chi connectivity index (χ1) is 9.92. The molecule has 118 valence electrons. The van der Waals surface area contributed by atoms with Crippen LogP contribution in [0.2, 0.25) is 0 Å². The van der Waals surface area contributed by atoms with Crippen molar-refractivity contribution < 1.29 is 4.74 Å². The molecule has 3 unspecified atom stereocenters. The van der Waals surface area contributed by atoms with E-state index in [-0.39, 0.29) is 0 Å². The van der Waals surface area contributed by atoms with Gasteiger partial charge in [-0.2, -0.15) is 0 Å². The molecule has 0 saturated heterocycles. The van der Waals surface area contributed by atoms with Gasteiger partial charge in [-0.25, -0.2) is 0 Å². The Balaban J connectivity index is 2.26. The summed E-state index contributed by atoms with van der Waals surface area (Å²) in [5.41, 5.74) is 2.40. The number of benzene rings is 1. The van der Waals surface area contributed by atoms with Crippen LogP contribution in [0.1, 0.15) is 45.6 Å². The zero-order valence-electron chi connectivity index (χ0n) is 13.9. The van der Waals surface area contributed by atoms with E-state index in [2.05, 4.69) is 55.0 Å². The van der Waals surface area contributed by atoms with Crippen molar-refractivity contribution in [3.8, 4) is 5.75 Å². The minimum atomic E-state index is 0.544. The van der Waals surface area contributed by atoms with E-state index in [1.807, 2.05) is 6.07 Å². The Morgan fingerprint density at radius 1 is 1.29 bits per heavy atom. The Hall–Kier alpha value is -0.700. The van der Waals surface area contributed by atoms with Crippen molar-refractivity contribution in [3.63, 3.8) is 0 Å². The highest BCUT2D eigenvalue weighted by Crippen LogP contribution is 2.39. The summed E-state index contributed by atoms with van der Waals surface area (Å²) in [7, 11) is 1.75. The maximum absolute atomic E-state index is 5.58. The first-order valence-electron chi connectivity index (χ1n) is 8.03. The van der Waals surface area contributed by atoms with Crippen molar-refractivity contribution in [2.24, 2.45) is 17.8 Å². The number of aryl methyl sites for hydroxylation is 1. The van der Waals surface area contributed by atoms with Crippen molar-refractivity contribution in [1.82, 2.24) is 0 Å². The smallest absolute Gasteiger partial charge is 0.143 e. The fourth-order valence-electron chi connectivity index (χ4n) is 3.61. The summed E-state index contributed by atoms with van der Waals surface area (Å²) in [5, 5.41) is 3.81. The Kier molecular flexibility index (Phi) is 5.59. The molecule has 2 nitrogen and oxygen atoms in total. The number of methoxy groups -OCH3 is 1. The molecular weight excluding hydrogens is 326 g/mol. The first kappa shape index (κ1) is 16.7. The van der Waals surface area contributed by atoms with Gasteiger partial charge < -0.3 is 10.1 Å². The number of rotatable bonds is 4. The molecule has 3 atom stereocenters. The lowest BCUT2D eigenvalue weighted by Crippen LogP contribution is -2.38. The Labute approximate surface area is 137 Å². The number of hydrogen-bond acceptors (Lipinski definition) is 2. The number of halogens is 1. The molecule has 1 aromatic rings. The highest BCUT2D eigenvalue weighted by Gasteiger charge is 2.31. The van der Waals surface area contributed by atoms with E-state index in [0.29, 0.717) is 6.04 Å². The fourth-order valence-corrected chi connectivity index (χ4v) is 4.16. The number of nitrogens with one attached hydrogen (secondary N) is 1. The molecule has 1 fully saturated rings. The van der Waals surface area contributed by atoms with Gasteiger partial charge in [0.25, 0.3) is 0 Å². The van der Waals surface area contributed by atoms with Crippen molar-refractivity contribution in [1.29, 1.82) is 0 Å². The van der Waals surface area contributed by atoms with Gasteiger partial charge in [-0.1, -0.05) is 43.1 Å². The Morgan fingerprint density at radius 2 is 2.00 bits per heavy atom. The number of ether oxygens (including phenoxy) is 1. The second-order valence-corrected chi connectivity index (χ2v) is 7.79. The van der Waals surface area contributed by atoms with Gasteiger partial charge in [0.2, 0.25) is 0 Å². The van der Waals surface area contributed by atoms with Crippen LogP contribution in [-0.4, -0.2) is 13.2 Å². The van der Waals surface area contributed by atoms with E-state index in [4.69, 9.17) is 4.74 Å². The normalized spacial score (nSPS) is 26.0. The van der Waals surface area contributed by atoms with Crippen molar-refractivity contribution in [2.75, 3.05) is 12.4 Å². The van der Waals surface area contributed by atoms with Gasteiger partial charge in [0, 0.05) is 10.5 Å². The topological polar surface area (TPSA) is 21.3 Å². The van der Waals surface area contributed by atoms with Gasteiger partial charge >= 0.3 is 0 Å². The summed E-state index contributed by atoms with van der Waals surface area (Å²) in [4.78, 5) is 0. The minimum Gasteiger partial charge on any atom is -0.495 e. The van der Waals surface area contributed by atoms with E-state index in [0.717, 1.165) is 33.7 Å². The molecule has 1 aliphatic carbocycles. The molecular formula is C18H28BrNO. The summed E-state index contributed by atoms with van der Waals surface area (Å²) in [6, 6.07) is 4.75. The Bertz CT molecular complexity index is 486. The molecule has 3 heteroatoms. The molecule has 0 aromatic heterocycles. The standard InChI is InChI=1S/C18H28BrNO/c1-11(2)15-7-6-12(3)8-16(15)20-18-13(4)9-14(19)10-17(18)21-5/h9-12,15-16,20H,6-8H2,1-5H3. The molecule has 1 aromatic carbocycles. The van der Waals surface area contributed by atoms with Crippen LogP contribution in [0.4, 0.5) is 5.69 Å². The van der Waals surface area contributed by atoms with Crippen LogP contribution in [-0.2, 0) is 0 Å². The van der Waals surface area contributed by atoms with E-state index in [1.165, 1.54) is 24.8 Å². The molecule has 0 heterocycles. The van der Waals surface area contributed by atoms with Crippen LogP contribution in [0.3, 0.4) is 0 Å². The van der Waals surface area contributed by atoms with Crippen LogP contribution >= 0.6 is 15.9 Å². The zero-order valence-corrected chi connectivity index (χ0v) is 15.5. The van der Waals surface area contributed by atoms with Gasteiger partial charge in [0.15, 0.2) is 0 Å². The van der Waals surface area contributed by atoms with Crippen LogP contribution in [0, 0.1) is 24.7 Å². The average Bonchev–Trinajstić information content (AvgIpc) is 2.41. The van der Waals surface area contributed by atoms with Crippen molar-refractivity contribution in [2.45, 2.75) is 53.0 Å². The summed E-state index contributed by atoms with van der Waals surface area (Å²) in [6.45, 7) is 9.21. The maximum atomic E-state index is 5.58. The monoisotopic (exact) mass is 353 g/mol. The Morgan fingerprint density at radius 3 is 2.62 bits per heavy atom. The highest BCUT2D eigenvalue weighted by molar-refractivity contribution is 9.10. The summed E-state index contributed by atoms with van der Waals surface area (Å²) < 4.78 is 6.65. The van der Waals surface area contributed by atoms with Gasteiger partial charge in [0.05, 0.1) is 12.8 Å². The maximum Gasteiger partial charge on any atom is 0.143 e. The van der Waals surface area contributed by atoms with Crippen LogP contribution in [0.5, 0.6) is 5.75 Å². The van der Waals surface area contributed by atoms with E-state index in [1.54, 1.807) is 7.11 Å². The molecule has 1 saturated carbocycles. The zero-order chi connectivity index (χ0) is 15.6. The lowest BCUT2D eigenvalue weighted by Gasteiger charge is -2.39. The SMILES string of the molecule is COc1cc(Br)cc(C)c1NC1CC(C)CCC1C(C)C. The quantitative estimate of drug-likeness (QED) is 0.756. The second-order valence-electron chi connectivity index (χ2n) is 6.88. The third-order valence-corrected chi connectivity index (χ3v) is 5.29. The number of anilines is 1. The molecule has 0 amide bonds. The third-order valence-electron chi connectivity index (χ3n) is 4.84. The van der Waals surface area contributed by atoms with E-state index >= 15 is 0 Å². The van der Waals surface area contributed by atoms with Gasteiger partial charge in [-0.3, -0.25) is 0 Å². The van der Waals surface area contributed by atoms with Crippen LogP contribution < -0.4 is 10.1 Å². The number of hydrogen-bond donors (Lipinski definition) is 1. The molecule has 0 spiro atoms. The lowest BCUT2D eigenvalue weighted by atomic mass is 9.74. The molecule has 0 radical (unpaired) electrons. The van der Waals surface area contributed by atoms with Gasteiger partial charge in [-0.05, 0) is 55.2 Å². The average molecular weight is 354 g/mol. The summed E-state index contributed by atoms with van der Waals surface area (Å²) in [6.07, 6.45) is 3.94. The lowest BCUT2D eigenvalue weighted by molar-refractivity contribution is 0.211. The van der Waals surface area contributed by atoms with E-state index < -0.39 is 0 Å². The van der Waals surface area contributed by atoms with E-state index in [9.17, 15) is 0 Å². The molecule has 1 N–H and O–H groups in total. The molecule has 0 aliphatic heterocycles. The third kappa shape index (κ3) is 3.94. The molecule has 2 rings (SSSR count). The predicted octanol–water partition coefficient (Wildman–Crippen LogP) is 5.64. The summed E-state index contributed by atoms with van der Waals surface area (Å²) >= 11 is 3.55. The molecule has 21 heavy (non-hydrogen) atoms. The van der Waals surface area contributed by atoms with Crippen LogP contribution in [0.15, 0.2) is 16.6 Å². The van der Waals surface area contributed by atoms with Gasteiger partial charge in [-0.15, -0.1) is 0 Å². The minimum absolute atomic E-state index is 0.544. The van der Waals surface area contributed by atoms with Crippen molar-refractivity contribution >= 4 is 21.6 Å². The highest BCUT2D eigenvalue weighted by atomic mass is 79.9. The first-order valence-corrected chi connectivity index (χ1v) is 8.82. The summed E-state index contributed by atoms with van der Waals surface area (Å²) in [5.74, 6) is 3.20. The van der Waals surface area contributed by atoms with Crippen LogP contribution in [0.25, 0.3) is 0 Å². The largest absolute Gasteiger partial charge is 0.495 e. The fraction of sp³-hybridized carbons (Fsp3) is 0.667. The van der Waals surface area contributed by atoms with Crippen molar-refractivity contribution in [3.05, 3.63) is 22.2 Å². The van der Waals surface area contributed by atoms with Gasteiger partial charge in [0.1, 0.15) is 5.75 Å².